The molecule has 3 unspecified atom stereocenters. The quantitative estimate of drug-likeness (QED) is 0.396. The summed E-state index contributed by atoms with van der Waals surface area (Å²) in [6, 6.07) is 2.51. The van der Waals surface area contributed by atoms with Gasteiger partial charge in [-0.1, -0.05) is 13.0 Å². The molecule has 3 aromatic rings. The van der Waals surface area contributed by atoms with Gasteiger partial charge in [-0.25, -0.2) is 18.7 Å². The summed E-state index contributed by atoms with van der Waals surface area (Å²) in [4.78, 5) is 36.9. The number of aromatic nitrogens is 3. The van der Waals surface area contributed by atoms with Crippen molar-refractivity contribution in [2.24, 2.45) is 5.92 Å². The molecule has 0 radical (unpaired) electrons. The van der Waals surface area contributed by atoms with Gasteiger partial charge in [-0.2, -0.15) is 0 Å². The van der Waals surface area contributed by atoms with Gasteiger partial charge in [-0.15, -0.1) is 0 Å². The van der Waals surface area contributed by atoms with E-state index in [0.29, 0.717) is 71.1 Å². The van der Waals surface area contributed by atoms with Gasteiger partial charge in [0.2, 0.25) is 5.91 Å². The number of halogens is 2. The molecule has 202 valence electrons. The summed E-state index contributed by atoms with van der Waals surface area (Å²) < 4.78 is 36.2. The van der Waals surface area contributed by atoms with Crippen LogP contribution in [-0.4, -0.2) is 51.6 Å². The number of amides is 2. The van der Waals surface area contributed by atoms with E-state index in [0.717, 1.165) is 12.8 Å². The van der Waals surface area contributed by atoms with Crippen molar-refractivity contribution in [2.75, 3.05) is 6.61 Å². The van der Waals surface area contributed by atoms with Gasteiger partial charge in [-0.3, -0.25) is 9.59 Å². The summed E-state index contributed by atoms with van der Waals surface area (Å²) in [5, 5.41) is 5.65. The largest absolute Gasteiger partial charge is 0.492 e. The minimum Gasteiger partial charge on any atom is -0.492 e. The SMILES string of the molecule is CCC(=O)NC1CCC(NC(=O)c2c(C)[nH]c3c(-c4c(OCC5CC5)ccc(C)c4F)ncnc23)CC1F. The topological polar surface area (TPSA) is 109 Å². The van der Waals surface area contributed by atoms with E-state index in [1.165, 1.54) is 6.33 Å². The Morgan fingerprint density at radius 1 is 1.13 bits per heavy atom. The van der Waals surface area contributed by atoms with Crippen molar-refractivity contribution in [3.8, 4) is 17.0 Å². The van der Waals surface area contributed by atoms with Gasteiger partial charge in [0.25, 0.3) is 5.91 Å². The highest BCUT2D eigenvalue weighted by atomic mass is 19.1. The molecule has 1 aromatic carbocycles. The lowest BCUT2D eigenvalue weighted by atomic mass is 9.89. The van der Waals surface area contributed by atoms with Crippen LogP contribution in [0.4, 0.5) is 8.78 Å². The number of ether oxygens (including phenoxy) is 1. The summed E-state index contributed by atoms with van der Waals surface area (Å²) >= 11 is 0. The molecule has 8 nitrogen and oxygen atoms in total. The number of aryl methyl sites for hydroxylation is 2. The summed E-state index contributed by atoms with van der Waals surface area (Å²) in [5.74, 6) is -0.114. The number of aromatic amines is 1. The fourth-order valence-electron chi connectivity index (χ4n) is 5.06. The molecule has 5 rings (SSSR count). The molecule has 2 aliphatic rings. The van der Waals surface area contributed by atoms with E-state index in [2.05, 4.69) is 25.6 Å². The lowest BCUT2D eigenvalue weighted by Crippen LogP contribution is -2.49. The van der Waals surface area contributed by atoms with Crippen molar-refractivity contribution in [2.45, 2.75) is 77.6 Å². The molecule has 10 heteroatoms. The Balaban J connectivity index is 1.41. The van der Waals surface area contributed by atoms with Crippen molar-refractivity contribution in [3.63, 3.8) is 0 Å². The zero-order valence-corrected chi connectivity index (χ0v) is 21.9. The molecule has 3 N–H and O–H groups in total. The predicted octanol–water partition coefficient (Wildman–Crippen LogP) is 4.68. The first kappa shape index (κ1) is 26.1. The van der Waals surface area contributed by atoms with Gasteiger partial charge in [-0.05, 0) is 57.1 Å². The Hall–Kier alpha value is -3.56. The Kier molecular flexibility index (Phi) is 7.32. The average Bonchev–Trinajstić information content (AvgIpc) is 3.66. The van der Waals surface area contributed by atoms with Crippen molar-refractivity contribution in [3.05, 3.63) is 41.1 Å². The van der Waals surface area contributed by atoms with Gasteiger partial charge < -0.3 is 20.4 Å². The zero-order chi connectivity index (χ0) is 27.0. The number of H-pyrrole nitrogens is 1. The number of hydrogen-bond donors (Lipinski definition) is 3. The van der Waals surface area contributed by atoms with E-state index >= 15 is 4.39 Å². The number of carbonyl (C=O) groups is 2. The van der Waals surface area contributed by atoms with Gasteiger partial charge in [0.05, 0.1) is 29.3 Å². The molecule has 2 saturated carbocycles. The van der Waals surface area contributed by atoms with E-state index < -0.39 is 18.0 Å². The molecule has 0 aliphatic heterocycles. The molecule has 2 amide bonds. The second-order valence-electron chi connectivity index (χ2n) is 10.4. The maximum atomic E-state index is 15.5. The fraction of sp³-hybridized carbons (Fsp3) is 0.500. The molecule has 2 fully saturated rings. The van der Waals surface area contributed by atoms with E-state index in [1.807, 2.05) is 0 Å². The molecule has 2 heterocycles. The van der Waals surface area contributed by atoms with Gasteiger partial charge >= 0.3 is 0 Å². The van der Waals surface area contributed by atoms with Crippen LogP contribution in [0.1, 0.15) is 67.1 Å². The monoisotopic (exact) mass is 525 g/mol. The van der Waals surface area contributed by atoms with Crippen molar-refractivity contribution in [1.29, 1.82) is 0 Å². The minimum absolute atomic E-state index is 0.109. The molecule has 0 saturated heterocycles. The molecule has 0 spiro atoms. The second-order valence-corrected chi connectivity index (χ2v) is 10.4. The second kappa shape index (κ2) is 10.7. The first-order valence-corrected chi connectivity index (χ1v) is 13.3. The van der Waals surface area contributed by atoms with E-state index in [-0.39, 0.29) is 29.8 Å². The predicted molar refractivity (Wildman–Crippen MR) is 139 cm³/mol. The summed E-state index contributed by atoms with van der Waals surface area (Å²) in [5.41, 5.74) is 2.67. The van der Waals surface area contributed by atoms with Crippen molar-refractivity contribution >= 4 is 22.8 Å². The van der Waals surface area contributed by atoms with E-state index in [9.17, 15) is 14.0 Å². The van der Waals surface area contributed by atoms with E-state index in [1.54, 1.807) is 32.9 Å². The first-order valence-electron chi connectivity index (χ1n) is 13.3. The Bertz CT molecular complexity index is 1370. The number of nitrogens with one attached hydrogen (secondary N) is 3. The molecular formula is C28H33F2N5O3. The minimum atomic E-state index is -1.25. The number of carbonyl (C=O) groups excluding carboxylic acids is 2. The van der Waals surface area contributed by atoms with Crippen molar-refractivity contribution < 1.29 is 23.1 Å². The van der Waals surface area contributed by atoms with Crippen LogP contribution < -0.4 is 15.4 Å². The standard InChI is InChI=1S/C28H33F2N5O3/c1-4-21(36)35-19-9-8-17(11-18(19)29)34-28(37)22-15(3)33-27-25(22)31-13-32-26(27)23-20(38-12-16-6-7-16)10-5-14(2)24(23)30/h5,10,13,16-19,33H,4,6-9,11-12H2,1-3H3,(H,34,37)(H,35,36). The number of alkyl halides is 1. The molecular weight excluding hydrogens is 492 g/mol. The zero-order valence-electron chi connectivity index (χ0n) is 21.9. The Morgan fingerprint density at radius 3 is 2.63 bits per heavy atom. The Morgan fingerprint density at radius 2 is 1.92 bits per heavy atom. The van der Waals surface area contributed by atoms with Gasteiger partial charge in [0, 0.05) is 24.6 Å². The summed E-state index contributed by atoms with van der Waals surface area (Å²) in [6.45, 7) is 5.66. The lowest BCUT2D eigenvalue weighted by Gasteiger charge is -2.32. The smallest absolute Gasteiger partial charge is 0.255 e. The van der Waals surface area contributed by atoms with Crippen LogP contribution in [0.2, 0.25) is 0 Å². The molecule has 2 aliphatic carbocycles. The van der Waals surface area contributed by atoms with E-state index in [4.69, 9.17) is 4.74 Å². The average molecular weight is 526 g/mol. The van der Waals surface area contributed by atoms with Crippen LogP contribution >= 0.6 is 0 Å². The van der Waals surface area contributed by atoms with Crippen LogP contribution in [0, 0.1) is 25.6 Å². The summed E-state index contributed by atoms with van der Waals surface area (Å²) in [7, 11) is 0. The molecule has 3 atom stereocenters. The summed E-state index contributed by atoms with van der Waals surface area (Å²) in [6.07, 6.45) is 3.66. The number of rotatable bonds is 8. The maximum absolute atomic E-state index is 15.5. The van der Waals surface area contributed by atoms with Gasteiger partial charge in [0.1, 0.15) is 35.3 Å². The van der Waals surface area contributed by atoms with Gasteiger partial charge in [0.15, 0.2) is 0 Å². The normalized spacial score (nSPS) is 21.3. The highest BCUT2D eigenvalue weighted by molar-refractivity contribution is 6.09. The van der Waals surface area contributed by atoms with Crippen LogP contribution in [-0.2, 0) is 4.79 Å². The number of benzene rings is 1. The highest BCUT2D eigenvalue weighted by Crippen LogP contribution is 2.39. The molecule has 0 bridgehead atoms. The Labute approximate surface area is 220 Å². The number of fused-ring (bicyclic) bond motifs is 1. The van der Waals surface area contributed by atoms with Crippen LogP contribution in [0.5, 0.6) is 5.75 Å². The highest BCUT2D eigenvalue weighted by Gasteiger charge is 2.33. The third-order valence-corrected chi connectivity index (χ3v) is 7.48. The molecule has 2 aromatic heterocycles. The first-order chi connectivity index (χ1) is 18.3. The van der Waals surface area contributed by atoms with Crippen LogP contribution in [0.15, 0.2) is 18.5 Å². The molecule has 38 heavy (non-hydrogen) atoms. The fourth-order valence-corrected chi connectivity index (χ4v) is 5.06. The third kappa shape index (κ3) is 5.21. The van der Waals surface area contributed by atoms with Crippen LogP contribution in [0.3, 0.4) is 0 Å². The van der Waals surface area contributed by atoms with Crippen LogP contribution in [0.25, 0.3) is 22.3 Å². The lowest BCUT2D eigenvalue weighted by molar-refractivity contribution is -0.122. The maximum Gasteiger partial charge on any atom is 0.255 e. The van der Waals surface area contributed by atoms with Crippen molar-refractivity contribution in [1.82, 2.24) is 25.6 Å². The number of hydrogen-bond acceptors (Lipinski definition) is 5. The third-order valence-electron chi connectivity index (χ3n) is 7.48. The number of nitrogens with zero attached hydrogens (tertiary/aromatic N) is 2.